The molecular formula is C18H27N3O4. The van der Waals surface area contributed by atoms with Crippen LogP contribution < -0.4 is 25.0 Å². The van der Waals surface area contributed by atoms with Crippen molar-refractivity contribution < 1.29 is 19.1 Å². The number of carbonyl (C=O) groups excluding carboxylic acids is 2. The van der Waals surface area contributed by atoms with Gasteiger partial charge >= 0.3 is 0 Å². The zero-order valence-electron chi connectivity index (χ0n) is 15.0. The van der Waals surface area contributed by atoms with E-state index in [1.54, 1.807) is 0 Å². The molecule has 0 radical (unpaired) electrons. The van der Waals surface area contributed by atoms with Crippen LogP contribution in [0.1, 0.15) is 26.7 Å². The van der Waals surface area contributed by atoms with Crippen molar-refractivity contribution in [3.05, 3.63) is 18.2 Å². The van der Waals surface area contributed by atoms with Crippen LogP contribution >= 0.6 is 0 Å². The zero-order chi connectivity index (χ0) is 18.1. The molecule has 138 valence electrons. The minimum Gasteiger partial charge on any atom is -0.488 e. The fourth-order valence-corrected chi connectivity index (χ4v) is 2.68. The summed E-state index contributed by atoms with van der Waals surface area (Å²) in [6, 6.07) is 5.90. The molecular weight excluding hydrogens is 322 g/mol. The van der Waals surface area contributed by atoms with Gasteiger partial charge in [-0.1, -0.05) is 0 Å². The average Bonchev–Trinajstić information content (AvgIpc) is 3.10. The smallest absolute Gasteiger partial charge is 0.216 e. The molecule has 0 unspecified atom stereocenters. The van der Waals surface area contributed by atoms with Gasteiger partial charge in [0.25, 0.3) is 0 Å². The highest BCUT2D eigenvalue weighted by atomic mass is 16.5. The number of carbonyl (C=O) groups is 2. The number of rotatable bonds is 9. The Morgan fingerprint density at radius 3 is 2.08 bits per heavy atom. The lowest BCUT2D eigenvalue weighted by Gasteiger charge is -2.20. The Morgan fingerprint density at radius 2 is 1.52 bits per heavy atom. The topological polar surface area (TPSA) is 79.9 Å². The molecule has 0 aromatic heterocycles. The summed E-state index contributed by atoms with van der Waals surface area (Å²) in [5, 5.41) is 5.40. The third-order valence-electron chi connectivity index (χ3n) is 3.87. The molecule has 0 atom stereocenters. The van der Waals surface area contributed by atoms with Gasteiger partial charge in [-0.25, -0.2) is 0 Å². The molecule has 2 amide bonds. The first kappa shape index (κ1) is 18.9. The first-order chi connectivity index (χ1) is 12.1. The molecule has 0 saturated carbocycles. The van der Waals surface area contributed by atoms with Gasteiger partial charge in [0.15, 0.2) is 11.5 Å². The monoisotopic (exact) mass is 349 g/mol. The van der Waals surface area contributed by atoms with Crippen molar-refractivity contribution in [3.63, 3.8) is 0 Å². The van der Waals surface area contributed by atoms with Gasteiger partial charge in [0, 0.05) is 38.7 Å². The summed E-state index contributed by atoms with van der Waals surface area (Å²) in [5.74, 6) is 1.12. The van der Waals surface area contributed by atoms with Gasteiger partial charge in [-0.05, 0) is 25.0 Å². The van der Waals surface area contributed by atoms with Gasteiger partial charge in [0.05, 0.1) is 13.1 Å². The van der Waals surface area contributed by atoms with E-state index in [1.807, 2.05) is 18.2 Å². The zero-order valence-corrected chi connectivity index (χ0v) is 15.0. The van der Waals surface area contributed by atoms with Crippen LogP contribution in [-0.2, 0) is 9.59 Å². The van der Waals surface area contributed by atoms with Gasteiger partial charge in [-0.3, -0.25) is 9.59 Å². The van der Waals surface area contributed by atoms with Gasteiger partial charge in [-0.15, -0.1) is 0 Å². The molecule has 0 bridgehead atoms. The van der Waals surface area contributed by atoms with Crippen molar-refractivity contribution in [1.82, 2.24) is 10.6 Å². The second kappa shape index (κ2) is 9.76. The lowest BCUT2D eigenvalue weighted by atomic mass is 10.2. The Bertz CT molecular complexity index is 586. The third-order valence-corrected chi connectivity index (χ3v) is 3.87. The second-order valence-electron chi connectivity index (χ2n) is 5.99. The Hall–Kier alpha value is -2.44. The SMILES string of the molecule is CC(=O)NCCOc1ccc(N2CCCC2)cc1OCCNC(C)=O. The molecule has 1 aliphatic rings. The summed E-state index contributed by atoms with van der Waals surface area (Å²) < 4.78 is 11.5. The first-order valence-corrected chi connectivity index (χ1v) is 8.70. The summed E-state index contributed by atoms with van der Waals surface area (Å²) >= 11 is 0. The number of hydrogen-bond donors (Lipinski definition) is 2. The number of hydrogen-bond acceptors (Lipinski definition) is 5. The van der Waals surface area contributed by atoms with E-state index >= 15 is 0 Å². The van der Waals surface area contributed by atoms with E-state index in [1.165, 1.54) is 26.7 Å². The van der Waals surface area contributed by atoms with Crippen LogP contribution in [-0.4, -0.2) is 51.2 Å². The van der Waals surface area contributed by atoms with Crippen LogP contribution in [0.5, 0.6) is 11.5 Å². The fourth-order valence-electron chi connectivity index (χ4n) is 2.68. The summed E-state index contributed by atoms with van der Waals surface area (Å²) in [5.41, 5.74) is 1.11. The summed E-state index contributed by atoms with van der Waals surface area (Å²) in [4.78, 5) is 24.2. The third kappa shape index (κ3) is 6.52. The highest BCUT2D eigenvalue weighted by Gasteiger charge is 2.15. The van der Waals surface area contributed by atoms with E-state index in [0.29, 0.717) is 37.8 Å². The van der Waals surface area contributed by atoms with E-state index in [9.17, 15) is 9.59 Å². The van der Waals surface area contributed by atoms with E-state index in [2.05, 4.69) is 15.5 Å². The van der Waals surface area contributed by atoms with Crippen molar-refractivity contribution in [2.75, 3.05) is 44.3 Å². The molecule has 0 aliphatic carbocycles. The molecule has 7 heteroatoms. The predicted octanol–water partition coefficient (Wildman–Crippen LogP) is 1.32. The highest BCUT2D eigenvalue weighted by molar-refractivity contribution is 5.73. The van der Waals surface area contributed by atoms with Crippen LogP contribution in [0, 0.1) is 0 Å². The molecule has 7 nitrogen and oxygen atoms in total. The van der Waals surface area contributed by atoms with Crippen LogP contribution in [0.3, 0.4) is 0 Å². The number of ether oxygens (including phenoxy) is 2. The van der Waals surface area contributed by atoms with Crippen LogP contribution in [0.2, 0.25) is 0 Å². The number of anilines is 1. The number of amides is 2. The van der Waals surface area contributed by atoms with Crippen LogP contribution in [0.15, 0.2) is 18.2 Å². The van der Waals surface area contributed by atoms with E-state index < -0.39 is 0 Å². The highest BCUT2D eigenvalue weighted by Crippen LogP contribution is 2.33. The standard InChI is InChI=1S/C18H27N3O4/c1-14(22)19-7-11-24-17-6-5-16(21-9-3-4-10-21)13-18(17)25-12-8-20-15(2)23/h5-6,13H,3-4,7-12H2,1-2H3,(H,19,22)(H,20,23). The molecule has 1 heterocycles. The number of benzene rings is 1. The summed E-state index contributed by atoms with van der Waals surface area (Å²) in [7, 11) is 0. The average molecular weight is 349 g/mol. The minimum absolute atomic E-state index is 0.0822. The van der Waals surface area contributed by atoms with Gasteiger partial charge in [-0.2, -0.15) is 0 Å². The number of nitrogens with zero attached hydrogens (tertiary/aromatic N) is 1. The Balaban J connectivity index is 1.98. The van der Waals surface area contributed by atoms with Crippen LogP contribution in [0.25, 0.3) is 0 Å². The Labute approximate surface area is 148 Å². The van der Waals surface area contributed by atoms with Crippen molar-refractivity contribution in [2.24, 2.45) is 0 Å². The first-order valence-electron chi connectivity index (χ1n) is 8.70. The van der Waals surface area contributed by atoms with Gasteiger partial charge < -0.3 is 25.0 Å². The normalized spacial score (nSPS) is 13.4. The lowest BCUT2D eigenvalue weighted by Crippen LogP contribution is -2.26. The molecule has 1 fully saturated rings. The molecule has 25 heavy (non-hydrogen) atoms. The maximum atomic E-state index is 10.9. The molecule has 1 aromatic rings. The van der Waals surface area contributed by atoms with Crippen molar-refractivity contribution in [2.45, 2.75) is 26.7 Å². The van der Waals surface area contributed by atoms with Crippen molar-refractivity contribution in [3.8, 4) is 11.5 Å². The summed E-state index contributed by atoms with van der Waals surface area (Å²) in [6.07, 6.45) is 2.40. The lowest BCUT2D eigenvalue weighted by molar-refractivity contribution is -0.119. The van der Waals surface area contributed by atoms with Gasteiger partial charge in [0.1, 0.15) is 13.2 Å². The molecule has 1 aliphatic heterocycles. The molecule has 1 saturated heterocycles. The Morgan fingerprint density at radius 1 is 0.960 bits per heavy atom. The van der Waals surface area contributed by atoms with E-state index in [-0.39, 0.29) is 11.8 Å². The largest absolute Gasteiger partial charge is 0.488 e. The maximum Gasteiger partial charge on any atom is 0.216 e. The molecule has 2 N–H and O–H groups in total. The summed E-state index contributed by atoms with van der Waals surface area (Å²) in [6.45, 7) is 6.66. The van der Waals surface area contributed by atoms with E-state index in [4.69, 9.17) is 9.47 Å². The minimum atomic E-state index is -0.0836. The molecule has 0 spiro atoms. The number of nitrogens with one attached hydrogen (secondary N) is 2. The molecule has 1 aromatic carbocycles. The van der Waals surface area contributed by atoms with E-state index in [0.717, 1.165) is 18.8 Å². The predicted molar refractivity (Wildman–Crippen MR) is 96.2 cm³/mol. The maximum absolute atomic E-state index is 10.9. The second-order valence-corrected chi connectivity index (χ2v) is 5.99. The van der Waals surface area contributed by atoms with Crippen LogP contribution in [0.4, 0.5) is 5.69 Å². The quantitative estimate of drug-likeness (QED) is 0.657. The van der Waals surface area contributed by atoms with Gasteiger partial charge in [0.2, 0.25) is 11.8 Å². The van der Waals surface area contributed by atoms with Crippen molar-refractivity contribution >= 4 is 17.5 Å². The molecule has 2 rings (SSSR count). The fraction of sp³-hybridized carbons (Fsp3) is 0.556. The van der Waals surface area contributed by atoms with Crippen molar-refractivity contribution in [1.29, 1.82) is 0 Å². The Kier molecular flexibility index (Phi) is 7.37.